The summed E-state index contributed by atoms with van der Waals surface area (Å²) in [5.74, 6) is 0.709. The number of Topliss-reactive ketones (excluding diaryl/α,β-unsaturated/α-hetero) is 1. The molecule has 0 unspecified atom stereocenters. The second kappa shape index (κ2) is 6.39. The summed E-state index contributed by atoms with van der Waals surface area (Å²) in [6, 6.07) is 14.9. The van der Waals surface area contributed by atoms with Gasteiger partial charge in [0.1, 0.15) is 12.4 Å². The SMILES string of the molecule is Cc1ccc(CC(=O)COc2ccc(Cl)cc2)cc1. The fourth-order valence-corrected chi connectivity index (χ4v) is 1.81. The molecule has 0 fully saturated rings. The highest BCUT2D eigenvalue weighted by Crippen LogP contribution is 2.15. The fourth-order valence-electron chi connectivity index (χ4n) is 1.68. The van der Waals surface area contributed by atoms with Crippen molar-refractivity contribution >= 4 is 17.4 Å². The zero-order valence-corrected chi connectivity index (χ0v) is 11.5. The lowest BCUT2D eigenvalue weighted by Gasteiger charge is -2.06. The van der Waals surface area contributed by atoms with Gasteiger partial charge in [0, 0.05) is 11.4 Å². The van der Waals surface area contributed by atoms with Gasteiger partial charge in [-0.05, 0) is 36.8 Å². The van der Waals surface area contributed by atoms with Crippen LogP contribution in [0.25, 0.3) is 0 Å². The van der Waals surface area contributed by atoms with E-state index in [4.69, 9.17) is 16.3 Å². The smallest absolute Gasteiger partial charge is 0.174 e. The molecule has 0 atom stereocenters. The fraction of sp³-hybridized carbons (Fsp3) is 0.188. The Morgan fingerprint density at radius 2 is 1.68 bits per heavy atom. The van der Waals surface area contributed by atoms with Crippen LogP contribution in [-0.4, -0.2) is 12.4 Å². The molecule has 2 aromatic carbocycles. The van der Waals surface area contributed by atoms with Crippen molar-refractivity contribution in [2.75, 3.05) is 6.61 Å². The summed E-state index contributed by atoms with van der Waals surface area (Å²) >= 11 is 5.77. The van der Waals surface area contributed by atoms with Crippen LogP contribution >= 0.6 is 11.6 Å². The maximum Gasteiger partial charge on any atom is 0.174 e. The van der Waals surface area contributed by atoms with E-state index in [1.807, 2.05) is 31.2 Å². The number of carbonyl (C=O) groups is 1. The van der Waals surface area contributed by atoms with Crippen LogP contribution in [-0.2, 0) is 11.2 Å². The predicted molar refractivity (Wildman–Crippen MR) is 76.8 cm³/mol. The molecule has 0 radical (unpaired) electrons. The molecule has 98 valence electrons. The quantitative estimate of drug-likeness (QED) is 0.828. The van der Waals surface area contributed by atoms with Crippen molar-refractivity contribution in [2.45, 2.75) is 13.3 Å². The van der Waals surface area contributed by atoms with Gasteiger partial charge in [0.05, 0.1) is 0 Å². The highest BCUT2D eigenvalue weighted by molar-refractivity contribution is 6.30. The Hall–Kier alpha value is -1.80. The molecule has 2 rings (SSSR count). The standard InChI is InChI=1S/C16H15ClO2/c1-12-2-4-13(5-3-12)10-15(18)11-19-16-8-6-14(17)7-9-16/h2-9H,10-11H2,1H3. The Kier molecular flexibility index (Phi) is 4.58. The number of halogens is 1. The van der Waals surface area contributed by atoms with Gasteiger partial charge in [-0.25, -0.2) is 0 Å². The van der Waals surface area contributed by atoms with E-state index < -0.39 is 0 Å². The Bertz CT molecular complexity index is 544. The molecule has 0 aliphatic rings. The summed E-state index contributed by atoms with van der Waals surface area (Å²) in [6.07, 6.45) is 0.397. The van der Waals surface area contributed by atoms with Gasteiger partial charge >= 0.3 is 0 Å². The Labute approximate surface area is 118 Å². The van der Waals surface area contributed by atoms with Crippen LogP contribution in [0.15, 0.2) is 48.5 Å². The van der Waals surface area contributed by atoms with Crippen LogP contribution in [0.4, 0.5) is 0 Å². The van der Waals surface area contributed by atoms with E-state index in [2.05, 4.69) is 0 Å². The van der Waals surface area contributed by atoms with Gasteiger partial charge in [0.15, 0.2) is 5.78 Å². The first-order valence-corrected chi connectivity index (χ1v) is 6.47. The summed E-state index contributed by atoms with van der Waals surface area (Å²) in [7, 11) is 0. The van der Waals surface area contributed by atoms with Gasteiger partial charge < -0.3 is 4.74 Å². The van der Waals surface area contributed by atoms with E-state index in [-0.39, 0.29) is 12.4 Å². The Morgan fingerprint density at radius 3 is 2.32 bits per heavy atom. The van der Waals surface area contributed by atoms with Gasteiger partial charge in [-0.1, -0.05) is 41.4 Å². The molecule has 2 aromatic rings. The first-order chi connectivity index (χ1) is 9.13. The number of ether oxygens (including phenoxy) is 1. The lowest BCUT2D eigenvalue weighted by Crippen LogP contribution is -2.13. The average Bonchev–Trinajstić information content (AvgIpc) is 2.41. The Balaban J connectivity index is 1.84. The molecular formula is C16H15ClO2. The van der Waals surface area contributed by atoms with Crippen LogP contribution in [0, 0.1) is 6.92 Å². The number of carbonyl (C=O) groups excluding carboxylic acids is 1. The molecule has 0 bridgehead atoms. The number of ketones is 1. The van der Waals surface area contributed by atoms with Crippen molar-refractivity contribution in [3.05, 3.63) is 64.7 Å². The third-order valence-electron chi connectivity index (χ3n) is 2.74. The number of hydrogen-bond donors (Lipinski definition) is 0. The molecule has 0 heterocycles. The summed E-state index contributed by atoms with van der Waals surface area (Å²) in [5, 5.41) is 0.651. The minimum atomic E-state index is 0.0544. The van der Waals surface area contributed by atoms with Crippen molar-refractivity contribution in [1.82, 2.24) is 0 Å². The summed E-state index contributed by atoms with van der Waals surface area (Å²) in [5.41, 5.74) is 2.20. The largest absolute Gasteiger partial charge is 0.486 e. The van der Waals surface area contributed by atoms with Gasteiger partial charge in [-0.3, -0.25) is 4.79 Å². The van der Waals surface area contributed by atoms with Crippen LogP contribution < -0.4 is 4.74 Å². The van der Waals surface area contributed by atoms with E-state index in [1.54, 1.807) is 24.3 Å². The maximum atomic E-state index is 11.8. The van der Waals surface area contributed by atoms with Crippen LogP contribution in [0.1, 0.15) is 11.1 Å². The van der Waals surface area contributed by atoms with Gasteiger partial charge in [0.25, 0.3) is 0 Å². The minimum absolute atomic E-state index is 0.0544. The first kappa shape index (κ1) is 13.6. The van der Waals surface area contributed by atoms with Gasteiger partial charge in [-0.15, -0.1) is 0 Å². The van der Waals surface area contributed by atoms with E-state index in [1.165, 1.54) is 5.56 Å². The van der Waals surface area contributed by atoms with E-state index >= 15 is 0 Å². The van der Waals surface area contributed by atoms with Crippen molar-refractivity contribution in [1.29, 1.82) is 0 Å². The second-order valence-electron chi connectivity index (χ2n) is 4.44. The van der Waals surface area contributed by atoms with Crippen LogP contribution in [0.5, 0.6) is 5.75 Å². The zero-order valence-electron chi connectivity index (χ0n) is 10.7. The topological polar surface area (TPSA) is 26.3 Å². The predicted octanol–water partition coefficient (Wildman–Crippen LogP) is 3.84. The third kappa shape index (κ3) is 4.42. The highest BCUT2D eigenvalue weighted by Gasteiger charge is 2.05. The third-order valence-corrected chi connectivity index (χ3v) is 2.99. The van der Waals surface area contributed by atoms with Crippen molar-refractivity contribution in [3.63, 3.8) is 0 Å². The zero-order chi connectivity index (χ0) is 13.7. The van der Waals surface area contributed by atoms with Gasteiger partial charge in [-0.2, -0.15) is 0 Å². The number of rotatable bonds is 5. The van der Waals surface area contributed by atoms with Crippen LogP contribution in [0.3, 0.4) is 0 Å². The summed E-state index contributed by atoms with van der Waals surface area (Å²) < 4.78 is 5.41. The number of hydrogen-bond acceptors (Lipinski definition) is 2. The van der Waals surface area contributed by atoms with Crippen molar-refractivity contribution in [3.8, 4) is 5.75 Å². The summed E-state index contributed by atoms with van der Waals surface area (Å²) in [6.45, 7) is 2.10. The second-order valence-corrected chi connectivity index (χ2v) is 4.88. The lowest BCUT2D eigenvalue weighted by atomic mass is 10.1. The molecule has 0 N–H and O–H groups in total. The molecule has 0 aliphatic heterocycles. The normalized spacial score (nSPS) is 10.2. The highest BCUT2D eigenvalue weighted by atomic mass is 35.5. The number of aryl methyl sites for hydroxylation is 1. The molecule has 0 saturated heterocycles. The summed E-state index contributed by atoms with van der Waals surface area (Å²) in [4.78, 5) is 11.8. The van der Waals surface area contributed by atoms with Gasteiger partial charge in [0.2, 0.25) is 0 Å². The molecule has 0 spiro atoms. The average molecular weight is 275 g/mol. The van der Waals surface area contributed by atoms with Crippen molar-refractivity contribution < 1.29 is 9.53 Å². The molecular weight excluding hydrogens is 260 g/mol. The van der Waals surface area contributed by atoms with E-state index in [0.29, 0.717) is 17.2 Å². The first-order valence-electron chi connectivity index (χ1n) is 6.09. The van der Waals surface area contributed by atoms with E-state index in [9.17, 15) is 4.79 Å². The monoisotopic (exact) mass is 274 g/mol. The molecule has 3 heteroatoms. The molecule has 0 saturated carbocycles. The molecule has 2 nitrogen and oxygen atoms in total. The number of benzene rings is 2. The van der Waals surface area contributed by atoms with E-state index in [0.717, 1.165) is 5.56 Å². The molecule has 0 aromatic heterocycles. The molecule has 19 heavy (non-hydrogen) atoms. The maximum absolute atomic E-state index is 11.8. The van der Waals surface area contributed by atoms with Crippen LogP contribution in [0.2, 0.25) is 5.02 Å². The lowest BCUT2D eigenvalue weighted by molar-refractivity contribution is -0.120. The Morgan fingerprint density at radius 1 is 1.05 bits per heavy atom. The van der Waals surface area contributed by atoms with Crippen molar-refractivity contribution in [2.24, 2.45) is 0 Å². The molecule has 0 amide bonds. The minimum Gasteiger partial charge on any atom is -0.486 e. The molecule has 0 aliphatic carbocycles.